The van der Waals surface area contributed by atoms with Gasteiger partial charge in [-0.15, -0.1) is 12.3 Å². The Balaban J connectivity index is 3.92. The maximum atomic E-state index is 11.4. The maximum absolute atomic E-state index is 11.4. The molecule has 0 aliphatic carbocycles. The Morgan fingerprint density at radius 1 is 1.64 bits per heavy atom. The molecule has 0 radical (unpaired) electrons. The molecule has 0 saturated heterocycles. The minimum absolute atomic E-state index is 0.117. The molecule has 0 spiro atoms. The number of terminal acetylenes is 1. The van der Waals surface area contributed by atoms with Crippen LogP contribution in [-0.2, 0) is 4.79 Å². The molecule has 0 aliphatic rings. The van der Waals surface area contributed by atoms with Crippen LogP contribution in [0.15, 0.2) is 0 Å². The van der Waals surface area contributed by atoms with Gasteiger partial charge in [0.1, 0.15) is 0 Å². The highest BCUT2D eigenvalue weighted by Crippen LogP contribution is 2.17. The van der Waals surface area contributed by atoms with Crippen molar-refractivity contribution in [3.63, 3.8) is 0 Å². The van der Waals surface area contributed by atoms with Crippen LogP contribution < -0.4 is 11.1 Å². The summed E-state index contributed by atoms with van der Waals surface area (Å²) in [6, 6.07) is -0.576. The van der Waals surface area contributed by atoms with E-state index >= 15 is 0 Å². The van der Waals surface area contributed by atoms with Crippen LogP contribution >= 0.6 is 0 Å². The third-order valence-electron chi connectivity index (χ3n) is 2.37. The zero-order chi connectivity index (χ0) is 11.2. The standard InChI is InChI=1S/C11H20N2O/c1-5-7-9(12)10(14)13-8-11(3,4)6-2/h1,9H,6-8,12H2,2-4H3,(H,13,14). The molecule has 3 heteroatoms. The Kier molecular flexibility index (Phi) is 5.26. The fourth-order valence-electron chi connectivity index (χ4n) is 0.802. The molecule has 0 aromatic heterocycles. The van der Waals surface area contributed by atoms with Gasteiger partial charge in [0.15, 0.2) is 0 Å². The molecule has 0 aromatic carbocycles. The summed E-state index contributed by atoms with van der Waals surface area (Å²) in [7, 11) is 0. The van der Waals surface area contributed by atoms with Gasteiger partial charge in [0.05, 0.1) is 6.04 Å². The number of carbonyl (C=O) groups is 1. The van der Waals surface area contributed by atoms with E-state index in [2.05, 4.69) is 32.0 Å². The van der Waals surface area contributed by atoms with Gasteiger partial charge in [0.2, 0.25) is 5.91 Å². The molecule has 0 saturated carbocycles. The number of carbonyl (C=O) groups excluding carboxylic acids is 1. The van der Waals surface area contributed by atoms with Crippen LogP contribution in [0.5, 0.6) is 0 Å². The molecule has 1 amide bonds. The first-order valence-electron chi connectivity index (χ1n) is 4.89. The van der Waals surface area contributed by atoms with E-state index in [4.69, 9.17) is 12.2 Å². The first-order chi connectivity index (χ1) is 6.43. The zero-order valence-electron chi connectivity index (χ0n) is 9.26. The van der Waals surface area contributed by atoms with Crippen LogP contribution in [0.2, 0.25) is 0 Å². The van der Waals surface area contributed by atoms with Gasteiger partial charge in [-0.1, -0.05) is 20.8 Å². The van der Waals surface area contributed by atoms with Crippen molar-refractivity contribution in [1.82, 2.24) is 5.32 Å². The molecule has 1 atom stereocenters. The quantitative estimate of drug-likeness (QED) is 0.642. The van der Waals surface area contributed by atoms with E-state index in [0.717, 1.165) is 6.42 Å². The van der Waals surface area contributed by atoms with Crippen LogP contribution in [0.25, 0.3) is 0 Å². The SMILES string of the molecule is C#CCC(N)C(=O)NCC(C)(C)CC. The monoisotopic (exact) mass is 196 g/mol. The fraction of sp³-hybridized carbons (Fsp3) is 0.727. The van der Waals surface area contributed by atoms with E-state index in [0.29, 0.717) is 13.0 Å². The van der Waals surface area contributed by atoms with Crippen LogP contribution in [0, 0.1) is 17.8 Å². The van der Waals surface area contributed by atoms with Gasteiger partial charge in [0.25, 0.3) is 0 Å². The number of rotatable bonds is 5. The molecule has 0 aromatic rings. The van der Waals surface area contributed by atoms with Gasteiger partial charge in [0, 0.05) is 13.0 Å². The van der Waals surface area contributed by atoms with Crippen molar-refractivity contribution < 1.29 is 4.79 Å². The molecular weight excluding hydrogens is 176 g/mol. The minimum Gasteiger partial charge on any atom is -0.354 e. The minimum atomic E-state index is -0.576. The molecule has 1 unspecified atom stereocenters. The Labute approximate surface area is 86.4 Å². The summed E-state index contributed by atoms with van der Waals surface area (Å²) in [5, 5.41) is 2.80. The second-order valence-corrected chi connectivity index (χ2v) is 4.25. The topological polar surface area (TPSA) is 55.1 Å². The zero-order valence-corrected chi connectivity index (χ0v) is 9.26. The number of nitrogens with two attached hydrogens (primary N) is 1. The molecular formula is C11H20N2O. The molecule has 0 aliphatic heterocycles. The number of amides is 1. The van der Waals surface area contributed by atoms with Gasteiger partial charge in [-0.25, -0.2) is 0 Å². The lowest BCUT2D eigenvalue weighted by Gasteiger charge is -2.23. The number of nitrogens with one attached hydrogen (secondary N) is 1. The summed E-state index contributed by atoms with van der Waals surface area (Å²) >= 11 is 0. The van der Waals surface area contributed by atoms with Crippen molar-refractivity contribution >= 4 is 5.91 Å². The van der Waals surface area contributed by atoms with Crippen molar-refractivity contribution in [2.45, 2.75) is 39.7 Å². The van der Waals surface area contributed by atoms with Crippen molar-refractivity contribution in [2.24, 2.45) is 11.1 Å². The van der Waals surface area contributed by atoms with E-state index in [1.54, 1.807) is 0 Å². The highest BCUT2D eigenvalue weighted by molar-refractivity contribution is 5.81. The summed E-state index contributed by atoms with van der Waals surface area (Å²) in [6.07, 6.45) is 6.37. The van der Waals surface area contributed by atoms with Gasteiger partial charge < -0.3 is 11.1 Å². The van der Waals surface area contributed by atoms with Crippen molar-refractivity contribution in [1.29, 1.82) is 0 Å². The number of hydrogen-bond donors (Lipinski definition) is 2. The lowest BCUT2D eigenvalue weighted by molar-refractivity contribution is -0.122. The molecule has 0 fully saturated rings. The Bertz CT molecular complexity index is 228. The molecule has 0 bridgehead atoms. The van der Waals surface area contributed by atoms with Crippen LogP contribution in [0.4, 0.5) is 0 Å². The lowest BCUT2D eigenvalue weighted by atomic mass is 9.90. The highest BCUT2D eigenvalue weighted by Gasteiger charge is 2.18. The summed E-state index contributed by atoms with van der Waals surface area (Å²) in [4.78, 5) is 11.4. The Hall–Kier alpha value is -1.01. The lowest BCUT2D eigenvalue weighted by Crippen LogP contribution is -2.43. The summed E-state index contributed by atoms with van der Waals surface area (Å²) < 4.78 is 0. The predicted molar refractivity (Wildman–Crippen MR) is 58.5 cm³/mol. The van der Waals surface area contributed by atoms with Gasteiger partial charge >= 0.3 is 0 Å². The maximum Gasteiger partial charge on any atom is 0.237 e. The second-order valence-electron chi connectivity index (χ2n) is 4.25. The third-order valence-corrected chi connectivity index (χ3v) is 2.37. The van der Waals surface area contributed by atoms with E-state index in [1.807, 2.05) is 0 Å². The van der Waals surface area contributed by atoms with Crippen molar-refractivity contribution in [3.8, 4) is 12.3 Å². The smallest absolute Gasteiger partial charge is 0.237 e. The fourth-order valence-corrected chi connectivity index (χ4v) is 0.802. The molecule has 0 heterocycles. The van der Waals surface area contributed by atoms with Crippen molar-refractivity contribution in [3.05, 3.63) is 0 Å². The molecule has 14 heavy (non-hydrogen) atoms. The average molecular weight is 196 g/mol. The average Bonchev–Trinajstić information content (AvgIpc) is 2.15. The summed E-state index contributed by atoms with van der Waals surface area (Å²) in [6.45, 7) is 6.92. The molecule has 3 nitrogen and oxygen atoms in total. The molecule has 80 valence electrons. The van der Waals surface area contributed by atoms with E-state index < -0.39 is 6.04 Å². The number of hydrogen-bond acceptors (Lipinski definition) is 2. The molecule has 3 N–H and O–H groups in total. The van der Waals surface area contributed by atoms with Gasteiger partial charge in [-0.2, -0.15) is 0 Å². The van der Waals surface area contributed by atoms with E-state index in [-0.39, 0.29) is 11.3 Å². The van der Waals surface area contributed by atoms with Crippen LogP contribution in [-0.4, -0.2) is 18.5 Å². The van der Waals surface area contributed by atoms with Gasteiger partial charge in [-0.05, 0) is 11.8 Å². The first kappa shape index (κ1) is 13.0. The third kappa shape index (κ3) is 4.88. The van der Waals surface area contributed by atoms with E-state index in [9.17, 15) is 4.79 Å². The predicted octanol–water partition coefficient (Wildman–Crippen LogP) is 0.889. The van der Waals surface area contributed by atoms with Crippen LogP contribution in [0.1, 0.15) is 33.6 Å². The van der Waals surface area contributed by atoms with Crippen LogP contribution in [0.3, 0.4) is 0 Å². The second kappa shape index (κ2) is 5.66. The van der Waals surface area contributed by atoms with E-state index in [1.165, 1.54) is 0 Å². The largest absolute Gasteiger partial charge is 0.354 e. The summed E-state index contributed by atoms with van der Waals surface area (Å²) in [5.74, 6) is 2.21. The summed E-state index contributed by atoms with van der Waals surface area (Å²) in [5.41, 5.74) is 5.66. The van der Waals surface area contributed by atoms with Crippen molar-refractivity contribution in [2.75, 3.05) is 6.54 Å². The Morgan fingerprint density at radius 2 is 2.21 bits per heavy atom. The molecule has 0 rings (SSSR count). The normalized spacial score (nSPS) is 13.1. The highest BCUT2D eigenvalue weighted by atomic mass is 16.2. The Morgan fingerprint density at radius 3 is 2.64 bits per heavy atom. The van der Waals surface area contributed by atoms with Gasteiger partial charge in [-0.3, -0.25) is 4.79 Å². The first-order valence-corrected chi connectivity index (χ1v) is 4.89.